The summed E-state index contributed by atoms with van der Waals surface area (Å²) in [4.78, 5) is 11.4. The molecule has 1 aromatic heterocycles. The minimum Gasteiger partial charge on any atom is -0.508 e. The van der Waals surface area contributed by atoms with Gasteiger partial charge in [0.1, 0.15) is 5.75 Å². The lowest BCUT2D eigenvalue weighted by atomic mass is 10.2. The summed E-state index contributed by atoms with van der Waals surface area (Å²) < 4.78 is 4.89. The topological polar surface area (TPSA) is 74.8 Å². The quantitative estimate of drug-likeness (QED) is 0.623. The Morgan fingerprint density at radius 2 is 2.06 bits per heavy atom. The SMILES string of the molecule is O=C(N/N=C/c1ccc(O)cc1)c1ccco1. The molecule has 0 aliphatic carbocycles. The molecule has 0 saturated carbocycles. The lowest BCUT2D eigenvalue weighted by molar-refractivity contribution is 0.0927. The van der Waals surface area contributed by atoms with Gasteiger partial charge in [0.15, 0.2) is 5.76 Å². The minimum atomic E-state index is -0.412. The predicted molar refractivity (Wildman–Crippen MR) is 61.9 cm³/mol. The van der Waals surface area contributed by atoms with E-state index in [1.807, 2.05) is 0 Å². The van der Waals surface area contributed by atoms with Crippen molar-refractivity contribution in [2.45, 2.75) is 0 Å². The second-order valence-corrected chi connectivity index (χ2v) is 3.27. The standard InChI is InChI=1S/C12H10N2O3/c15-10-5-3-9(4-6-10)8-13-14-12(16)11-2-1-7-17-11/h1-8,15H,(H,14,16)/b13-8+. The predicted octanol–water partition coefficient (Wildman–Crippen LogP) is 1.75. The van der Waals surface area contributed by atoms with E-state index >= 15 is 0 Å². The van der Waals surface area contributed by atoms with Gasteiger partial charge in [0.05, 0.1) is 12.5 Å². The van der Waals surface area contributed by atoms with Crippen molar-refractivity contribution in [1.82, 2.24) is 5.43 Å². The number of hydrogen-bond donors (Lipinski definition) is 2. The molecule has 0 unspecified atom stereocenters. The highest BCUT2D eigenvalue weighted by Crippen LogP contribution is 2.07. The fourth-order valence-electron chi connectivity index (χ4n) is 1.19. The number of furan rings is 1. The van der Waals surface area contributed by atoms with Crippen molar-refractivity contribution in [2.75, 3.05) is 0 Å². The van der Waals surface area contributed by atoms with Crippen LogP contribution in [0.15, 0.2) is 52.2 Å². The van der Waals surface area contributed by atoms with Gasteiger partial charge in [-0.3, -0.25) is 4.79 Å². The molecular weight excluding hydrogens is 220 g/mol. The van der Waals surface area contributed by atoms with Crippen LogP contribution in [0, 0.1) is 0 Å². The van der Waals surface area contributed by atoms with Gasteiger partial charge in [-0.05, 0) is 42.0 Å². The van der Waals surface area contributed by atoms with E-state index in [2.05, 4.69) is 10.5 Å². The normalized spacial score (nSPS) is 10.6. The van der Waals surface area contributed by atoms with E-state index < -0.39 is 5.91 Å². The first kappa shape index (κ1) is 10.9. The molecule has 1 heterocycles. The van der Waals surface area contributed by atoms with Crippen molar-refractivity contribution in [2.24, 2.45) is 5.10 Å². The first-order valence-electron chi connectivity index (χ1n) is 4.91. The smallest absolute Gasteiger partial charge is 0.307 e. The lowest BCUT2D eigenvalue weighted by Gasteiger charge is -1.95. The molecule has 1 amide bonds. The third-order valence-corrected chi connectivity index (χ3v) is 2.02. The molecule has 2 aromatic rings. The third-order valence-electron chi connectivity index (χ3n) is 2.02. The Morgan fingerprint density at radius 3 is 2.71 bits per heavy atom. The molecule has 0 bridgehead atoms. The number of carbonyl (C=O) groups is 1. The number of hydrazone groups is 1. The van der Waals surface area contributed by atoms with Crippen LogP contribution < -0.4 is 5.43 Å². The Labute approximate surface area is 97.4 Å². The number of nitrogens with zero attached hydrogens (tertiary/aromatic N) is 1. The van der Waals surface area contributed by atoms with Crippen LogP contribution in [-0.4, -0.2) is 17.2 Å². The summed E-state index contributed by atoms with van der Waals surface area (Å²) in [5.41, 5.74) is 3.09. The highest BCUT2D eigenvalue weighted by molar-refractivity contribution is 5.92. The molecule has 86 valence electrons. The van der Waals surface area contributed by atoms with Crippen molar-refractivity contribution in [3.8, 4) is 5.75 Å². The van der Waals surface area contributed by atoms with Gasteiger partial charge in [0.25, 0.3) is 0 Å². The highest BCUT2D eigenvalue weighted by Gasteiger charge is 2.05. The number of phenolic OH excluding ortho intramolecular Hbond substituents is 1. The molecule has 0 atom stereocenters. The zero-order valence-corrected chi connectivity index (χ0v) is 8.83. The Balaban J connectivity index is 1.94. The summed E-state index contributed by atoms with van der Waals surface area (Å²) in [5, 5.41) is 12.8. The molecule has 0 aliphatic heterocycles. The molecule has 0 spiro atoms. The van der Waals surface area contributed by atoms with E-state index in [0.29, 0.717) is 0 Å². The molecule has 0 aliphatic rings. The summed E-state index contributed by atoms with van der Waals surface area (Å²) >= 11 is 0. The molecule has 2 rings (SSSR count). The summed E-state index contributed by atoms with van der Waals surface area (Å²) in [6.45, 7) is 0. The Hall–Kier alpha value is -2.56. The van der Waals surface area contributed by atoms with Crippen molar-refractivity contribution in [3.05, 3.63) is 54.0 Å². The highest BCUT2D eigenvalue weighted by atomic mass is 16.3. The molecule has 2 N–H and O–H groups in total. The van der Waals surface area contributed by atoms with E-state index in [1.165, 1.54) is 24.6 Å². The molecular formula is C12H10N2O3. The van der Waals surface area contributed by atoms with E-state index in [9.17, 15) is 4.79 Å². The number of carbonyl (C=O) groups excluding carboxylic acids is 1. The van der Waals surface area contributed by atoms with Gasteiger partial charge in [-0.1, -0.05) is 0 Å². The van der Waals surface area contributed by atoms with Gasteiger partial charge in [0.2, 0.25) is 0 Å². The van der Waals surface area contributed by atoms with Gasteiger partial charge in [-0.2, -0.15) is 5.10 Å². The summed E-state index contributed by atoms with van der Waals surface area (Å²) in [5.74, 6) is -0.0281. The van der Waals surface area contributed by atoms with Crippen LogP contribution in [0.4, 0.5) is 0 Å². The van der Waals surface area contributed by atoms with Crippen LogP contribution >= 0.6 is 0 Å². The van der Waals surface area contributed by atoms with Crippen LogP contribution in [0.25, 0.3) is 0 Å². The van der Waals surface area contributed by atoms with Crippen molar-refractivity contribution in [3.63, 3.8) is 0 Å². The monoisotopic (exact) mass is 230 g/mol. The molecule has 0 radical (unpaired) electrons. The van der Waals surface area contributed by atoms with Gasteiger partial charge in [-0.15, -0.1) is 0 Å². The summed E-state index contributed by atoms with van der Waals surface area (Å²) in [7, 11) is 0. The average molecular weight is 230 g/mol. The molecule has 17 heavy (non-hydrogen) atoms. The Bertz CT molecular complexity index is 515. The van der Waals surface area contributed by atoms with Crippen LogP contribution in [0.5, 0.6) is 5.75 Å². The van der Waals surface area contributed by atoms with Gasteiger partial charge >= 0.3 is 5.91 Å². The average Bonchev–Trinajstić information content (AvgIpc) is 2.85. The van der Waals surface area contributed by atoms with Gasteiger partial charge < -0.3 is 9.52 Å². The first-order valence-corrected chi connectivity index (χ1v) is 4.91. The van der Waals surface area contributed by atoms with Crippen molar-refractivity contribution < 1.29 is 14.3 Å². The molecule has 0 saturated heterocycles. The maximum atomic E-state index is 11.4. The number of aromatic hydroxyl groups is 1. The first-order chi connectivity index (χ1) is 8.25. The van der Waals surface area contributed by atoms with Gasteiger partial charge in [-0.25, -0.2) is 5.43 Å². The molecule has 0 fully saturated rings. The maximum absolute atomic E-state index is 11.4. The number of rotatable bonds is 3. The number of hydrogen-bond acceptors (Lipinski definition) is 4. The fraction of sp³-hybridized carbons (Fsp3) is 0. The number of amides is 1. The summed E-state index contributed by atoms with van der Waals surface area (Å²) in [6.07, 6.45) is 2.89. The molecule has 1 aromatic carbocycles. The van der Waals surface area contributed by atoms with E-state index in [1.54, 1.807) is 24.3 Å². The zero-order valence-electron chi connectivity index (χ0n) is 8.83. The fourth-order valence-corrected chi connectivity index (χ4v) is 1.19. The van der Waals surface area contributed by atoms with Gasteiger partial charge in [0, 0.05) is 0 Å². The number of benzene rings is 1. The Kier molecular flexibility index (Phi) is 3.20. The summed E-state index contributed by atoms with van der Waals surface area (Å²) in [6, 6.07) is 9.60. The second kappa shape index (κ2) is 4.98. The van der Waals surface area contributed by atoms with Crippen LogP contribution in [0.1, 0.15) is 16.1 Å². The maximum Gasteiger partial charge on any atom is 0.307 e. The van der Waals surface area contributed by atoms with Crippen LogP contribution in [-0.2, 0) is 0 Å². The van der Waals surface area contributed by atoms with E-state index in [4.69, 9.17) is 9.52 Å². The lowest BCUT2D eigenvalue weighted by Crippen LogP contribution is -2.16. The molecule has 5 heteroatoms. The minimum absolute atomic E-state index is 0.182. The number of phenols is 1. The zero-order chi connectivity index (χ0) is 12.1. The second-order valence-electron chi connectivity index (χ2n) is 3.27. The van der Waals surface area contributed by atoms with Crippen LogP contribution in [0.3, 0.4) is 0 Å². The van der Waals surface area contributed by atoms with E-state index in [-0.39, 0.29) is 11.5 Å². The largest absolute Gasteiger partial charge is 0.508 e. The third kappa shape index (κ3) is 2.94. The van der Waals surface area contributed by atoms with Crippen molar-refractivity contribution >= 4 is 12.1 Å². The molecule has 5 nitrogen and oxygen atoms in total. The van der Waals surface area contributed by atoms with Crippen LogP contribution in [0.2, 0.25) is 0 Å². The van der Waals surface area contributed by atoms with Crippen molar-refractivity contribution in [1.29, 1.82) is 0 Å². The van der Waals surface area contributed by atoms with E-state index in [0.717, 1.165) is 5.56 Å². The Morgan fingerprint density at radius 1 is 1.29 bits per heavy atom. The number of nitrogens with one attached hydrogen (secondary N) is 1.